The fourth-order valence-electron chi connectivity index (χ4n) is 1.79. The molecule has 0 radical (unpaired) electrons. The minimum atomic E-state index is -3.58. The molecule has 2 aromatic carbocycles. The van der Waals surface area contributed by atoms with Crippen molar-refractivity contribution in [2.24, 2.45) is 0 Å². The van der Waals surface area contributed by atoms with Gasteiger partial charge in [0.25, 0.3) is 0 Å². The van der Waals surface area contributed by atoms with Crippen LogP contribution in [0.3, 0.4) is 0 Å². The van der Waals surface area contributed by atoms with Crippen molar-refractivity contribution in [3.05, 3.63) is 54.6 Å². The Bertz CT molecular complexity index is 772. The summed E-state index contributed by atoms with van der Waals surface area (Å²) >= 11 is 0. The second-order valence-electron chi connectivity index (χ2n) is 5.85. The lowest BCUT2D eigenvalue weighted by atomic mass is 10.2. The van der Waals surface area contributed by atoms with Crippen molar-refractivity contribution in [1.29, 1.82) is 0 Å². The minimum absolute atomic E-state index is 0.125. The number of hydrogen-bond donors (Lipinski definition) is 0. The van der Waals surface area contributed by atoms with Crippen LogP contribution >= 0.6 is 0 Å². The monoisotopic (exact) mass is 334 g/mol. The maximum Gasteiger partial charge on any atom is 0.514 e. The highest BCUT2D eigenvalue weighted by Gasteiger charge is 2.19. The number of hydrogen-bond acceptors (Lipinski definition) is 5. The maximum absolute atomic E-state index is 12.4. The Morgan fingerprint density at radius 2 is 1.39 bits per heavy atom. The molecule has 122 valence electrons. The zero-order valence-electron chi connectivity index (χ0n) is 13.1. The summed E-state index contributed by atoms with van der Waals surface area (Å²) in [6.07, 6.45) is -0.837. The molecule has 6 heteroatoms. The van der Waals surface area contributed by atoms with Gasteiger partial charge in [0.15, 0.2) is 0 Å². The van der Waals surface area contributed by atoms with Gasteiger partial charge in [0, 0.05) is 0 Å². The first-order valence-electron chi connectivity index (χ1n) is 6.99. The summed E-state index contributed by atoms with van der Waals surface area (Å²) < 4.78 is 34.9. The van der Waals surface area contributed by atoms with Crippen molar-refractivity contribution in [3.8, 4) is 5.75 Å². The molecule has 0 aliphatic carbocycles. The summed E-state index contributed by atoms with van der Waals surface area (Å²) in [4.78, 5) is 11.9. The summed E-state index contributed by atoms with van der Waals surface area (Å²) in [6.45, 7) is 5.18. The van der Waals surface area contributed by atoms with Crippen LogP contribution in [-0.2, 0) is 14.6 Å². The molecule has 0 atom stereocenters. The van der Waals surface area contributed by atoms with E-state index in [9.17, 15) is 13.2 Å². The zero-order valence-corrected chi connectivity index (χ0v) is 14.0. The molecule has 2 rings (SSSR count). The van der Waals surface area contributed by atoms with E-state index in [0.717, 1.165) is 0 Å². The first kappa shape index (κ1) is 17.0. The third kappa shape index (κ3) is 4.56. The molecule has 0 aromatic heterocycles. The molecule has 0 aliphatic rings. The molecular formula is C17H18O5S. The van der Waals surface area contributed by atoms with Crippen LogP contribution in [0.25, 0.3) is 0 Å². The van der Waals surface area contributed by atoms with Gasteiger partial charge >= 0.3 is 6.16 Å². The van der Waals surface area contributed by atoms with Gasteiger partial charge in [0.2, 0.25) is 9.84 Å². The number of carbonyl (C=O) groups excluding carboxylic acids is 1. The number of carbonyl (C=O) groups is 1. The first-order chi connectivity index (χ1) is 10.7. The van der Waals surface area contributed by atoms with Crippen LogP contribution in [0.2, 0.25) is 0 Å². The van der Waals surface area contributed by atoms with Gasteiger partial charge < -0.3 is 9.47 Å². The summed E-state index contributed by atoms with van der Waals surface area (Å²) in [7, 11) is -3.58. The third-order valence-corrected chi connectivity index (χ3v) is 4.56. The molecular weight excluding hydrogens is 316 g/mol. The summed E-state index contributed by atoms with van der Waals surface area (Å²) in [5.41, 5.74) is -0.659. The highest BCUT2D eigenvalue weighted by atomic mass is 32.2. The van der Waals surface area contributed by atoms with E-state index in [1.54, 1.807) is 39.0 Å². The van der Waals surface area contributed by atoms with Gasteiger partial charge in [-0.2, -0.15) is 0 Å². The van der Waals surface area contributed by atoms with Crippen LogP contribution in [0.15, 0.2) is 64.4 Å². The Kier molecular flexibility index (Phi) is 4.75. The Labute approximate surface area is 135 Å². The average molecular weight is 334 g/mol. The Morgan fingerprint density at radius 3 is 1.91 bits per heavy atom. The predicted octanol–water partition coefficient (Wildman–Crippen LogP) is 3.83. The van der Waals surface area contributed by atoms with Gasteiger partial charge in [-0.15, -0.1) is 0 Å². The van der Waals surface area contributed by atoms with Crippen LogP contribution in [-0.4, -0.2) is 20.2 Å². The molecule has 0 N–H and O–H groups in total. The second-order valence-corrected chi connectivity index (χ2v) is 7.80. The lowest BCUT2D eigenvalue weighted by molar-refractivity contribution is 0.0206. The molecule has 0 aliphatic heterocycles. The largest absolute Gasteiger partial charge is 0.514 e. The Morgan fingerprint density at radius 1 is 0.870 bits per heavy atom. The molecule has 23 heavy (non-hydrogen) atoms. The molecule has 0 spiro atoms. The molecule has 5 nitrogen and oxygen atoms in total. The van der Waals surface area contributed by atoms with Crippen molar-refractivity contribution in [1.82, 2.24) is 0 Å². The van der Waals surface area contributed by atoms with Crippen LogP contribution in [0.1, 0.15) is 20.8 Å². The molecule has 0 heterocycles. The van der Waals surface area contributed by atoms with Crippen molar-refractivity contribution in [2.45, 2.75) is 36.2 Å². The Hall–Kier alpha value is -2.34. The fourth-order valence-corrected chi connectivity index (χ4v) is 3.07. The van der Waals surface area contributed by atoms with Gasteiger partial charge in [-0.1, -0.05) is 18.2 Å². The van der Waals surface area contributed by atoms with Crippen molar-refractivity contribution < 1.29 is 22.7 Å². The van der Waals surface area contributed by atoms with Gasteiger partial charge in [-0.25, -0.2) is 13.2 Å². The first-order valence-corrected chi connectivity index (χ1v) is 8.48. The van der Waals surface area contributed by atoms with E-state index < -0.39 is 21.6 Å². The van der Waals surface area contributed by atoms with E-state index in [0.29, 0.717) is 0 Å². The van der Waals surface area contributed by atoms with E-state index >= 15 is 0 Å². The lowest BCUT2D eigenvalue weighted by Crippen LogP contribution is -2.25. The van der Waals surface area contributed by atoms with E-state index in [1.165, 1.54) is 36.4 Å². The topological polar surface area (TPSA) is 69.7 Å². The molecule has 0 bridgehead atoms. The summed E-state index contributed by atoms with van der Waals surface area (Å²) in [5.74, 6) is 0.214. The predicted molar refractivity (Wildman–Crippen MR) is 85.2 cm³/mol. The van der Waals surface area contributed by atoms with E-state index in [-0.39, 0.29) is 15.5 Å². The van der Waals surface area contributed by atoms with Crippen LogP contribution < -0.4 is 4.74 Å². The lowest BCUT2D eigenvalue weighted by Gasteiger charge is -2.18. The van der Waals surface area contributed by atoms with Crippen molar-refractivity contribution in [2.75, 3.05) is 0 Å². The summed E-state index contributed by atoms with van der Waals surface area (Å²) in [5, 5.41) is 0. The number of sulfone groups is 1. The van der Waals surface area contributed by atoms with Crippen LogP contribution in [0, 0.1) is 0 Å². The molecule has 0 unspecified atom stereocenters. The van der Waals surface area contributed by atoms with E-state index in [2.05, 4.69) is 0 Å². The quantitative estimate of drug-likeness (QED) is 0.630. The number of ether oxygens (including phenoxy) is 2. The molecule has 0 saturated heterocycles. The highest BCUT2D eigenvalue weighted by molar-refractivity contribution is 7.91. The zero-order chi connectivity index (χ0) is 17.1. The van der Waals surface area contributed by atoms with Crippen LogP contribution in [0.4, 0.5) is 4.79 Å². The molecule has 2 aromatic rings. The highest BCUT2D eigenvalue weighted by Crippen LogP contribution is 2.23. The number of benzene rings is 2. The van der Waals surface area contributed by atoms with Gasteiger partial charge in [0.05, 0.1) is 9.79 Å². The molecule has 0 saturated carbocycles. The van der Waals surface area contributed by atoms with Gasteiger partial charge in [0.1, 0.15) is 11.4 Å². The minimum Gasteiger partial charge on any atom is -0.428 e. The standard InChI is InChI=1S/C17H18O5S/c1-17(2,3)22-16(18)21-13-9-11-15(12-10-13)23(19,20)14-7-5-4-6-8-14/h4-12H,1-3H3. The smallest absolute Gasteiger partial charge is 0.428 e. The molecule has 0 fully saturated rings. The SMILES string of the molecule is CC(C)(C)OC(=O)Oc1ccc(S(=O)(=O)c2ccccc2)cc1. The van der Waals surface area contributed by atoms with E-state index in [4.69, 9.17) is 9.47 Å². The Balaban J connectivity index is 2.16. The normalized spacial score (nSPS) is 11.8. The fraction of sp³-hybridized carbons (Fsp3) is 0.235. The van der Waals surface area contributed by atoms with Crippen molar-refractivity contribution >= 4 is 16.0 Å². The van der Waals surface area contributed by atoms with E-state index in [1.807, 2.05) is 0 Å². The van der Waals surface area contributed by atoms with Gasteiger partial charge in [-0.05, 0) is 57.2 Å². The molecule has 0 amide bonds. The third-order valence-electron chi connectivity index (χ3n) is 2.78. The maximum atomic E-state index is 12.4. The number of rotatable bonds is 3. The van der Waals surface area contributed by atoms with Crippen LogP contribution in [0.5, 0.6) is 5.75 Å². The summed E-state index contributed by atoms with van der Waals surface area (Å²) in [6, 6.07) is 13.7. The second kappa shape index (κ2) is 6.42. The van der Waals surface area contributed by atoms with Gasteiger partial charge in [-0.3, -0.25) is 0 Å². The average Bonchev–Trinajstić information content (AvgIpc) is 2.46. The van der Waals surface area contributed by atoms with Crippen molar-refractivity contribution in [3.63, 3.8) is 0 Å².